The number of carboxylic acids is 1. The van der Waals surface area contributed by atoms with Gasteiger partial charge in [0.15, 0.2) is 12.2 Å². The Kier molecular flexibility index (Phi) is 15.0. The number of hydrogen-bond acceptors (Lipinski definition) is 10. The van der Waals surface area contributed by atoms with E-state index in [1.54, 1.807) is 31.4 Å². The van der Waals surface area contributed by atoms with E-state index < -0.39 is 24.0 Å². The fourth-order valence-electron chi connectivity index (χ4n) is 4.12. The van der Waals surface area contributed by atoms with E-state index in [0.717, 1.165) is 0 Å². The molecular weight excluding hydrogens is 538 g/mol. The molecule has 0 amide bonds. The van der Waals surface area contributed by atoms with Crippen molar-refractivity contribution in [3.05, 3.63) is 65.8 Å². The van der Waals surface area contributed by atoms with Crippen LogP contribution in [0.2, 0.25) is 0 Å². The number of carbonyl (C=O) groups excluding carboxylic acids is 2. The van der Waals surface area contributed by atoms with Crippen molar-refractivity contribution in [3.63, 3.8) is 0 Å². The van der Waals surface area contributed by atoms with Gasteiger partial charge in [-0.25, -0.2) is 9.59 Å². The number of para-hydroxylation sites is 2. The average molecular weight is 579 g/mol. The lowest BCUT2D eigenvalue weighted by Gasteiger charge is -2.30. The minimum absolute atomic E-state index is 0. The number of nitrogens with two attached hydrogens (primary N) is 1. The SMILES string of the molecule is C.COc1ccccc1[C@@H](O)C(=O)O.COc1ccccc1[C@H]1OC2(CCOCC2)OC1=O.O=C1CCOCC1.[NH2-]. The number of Topliss-reactive ketones (excluding diaryl/α,β-unsaturated/α-hetero) is 1. The van der Waals surface area contributed by atoms with E-state index in [2.05, 4.69) is 0 Å². The molecule has 1 spiro atoms. The van der Waals surface area contributed by atoms with Gasteiger partial charge in [-0.2, -0.15) is 0 Å². The maximum atomic E-state index is 12.1. The molecule has 2 aromatic carbocycles. The lowest BCUT2D eigenvalue weighted by atomic mass is 10.1. The Morgan fingerprint density at radius 1 is 0.902 bits per heavy atom. The van der Waals surface area contributed by atoms with Gasteiger partial charge in [-0.3, -0.25) is 4.79 Å². The molecule has 0 unspecified atom stereocenters. The van der Waals surface area contributed by atoms with E-state index in [1.807, 2.05) is 18.2 Å². The molecule has 0 radical (unpaired) electrons. The molecule has 2 aromatic rings. The van der Waals surface area contributed by atoms with Crippen LogP contribution in [0.3, 0.4) is 0 Å². The van der Waals surface area contributed by atoms with Crippen molar-refractivity contribution in [1.29, 1.82) is 0 Å². The Morgan fingerprint density at radius 2 is 1.44 bits per heavy atom. The molecule has 41 heavy (non-hydrogen) atoms. The number of hydrogen-bond donors (Lipinski definition) is 2. The molecule has 2 atom stereocenters. The normalized spacial score (nSPS) is 19.4. The smallest absolute Gasteiger partial charge is 0.342 e. The van der Waals surface area contributed by atoms with Crippen molar-refractivity contribution in [3.8, 4) is 11.5 Å². The molecule has 0 aliphatic carbocycles. The van der Waals surface area contributed by atoms with E-state index in [4.69, 9.17) is 33.5 Å². The van der Waals surface area contributed by atoms with Gasteiger partial charge in [0.1, 0.15) is 17.3 Å². The largest absolute Gasteiger partial charge is 0.693 e. The summed E-state index contributed by atoms with van der Waals surface area (Å²) in [6.07, 6.45) is 0.153. The van der Waals surface area contributed by atoms with Gasteiger partial charge in [-0.15, -0.1) is 0 Å². The third-order valence-corrected chi connectivity index (χ3v) is 6.23. The lowest BCUT2D eigenvalue weighted by molar-refractivity contribution is -0.212. The van der Waals surface area contributed by atoms with Gasteiger partial charge in [0.2, 0.25) is 5.79 Å². The number of ether oxygens (including phenoxy) is 6. The molecule has 3 aliphatic rings. The molecule has 3 aliphatic heterocycles. The molecule has 0 saturated carbocycles. The predicted molar refractivity (Wildman–Crippen MR) is 148 cm³/mol. The molecule has 5 rings (SSSR count). The van der Waals surface area contributed by atoms with Gasteiger partial charge >= 0.3 is 11.9 Å². The standard InChI is InChI=1S/C14H16O5.C9H10O4.C5H8O2.CH4.H2N/c1-16-11-5-3-2-4-10(11)12-13(15)19-14(18-12)6-8-17-9-7-14;1-13-7-5-3-2-4-6(7)8(10)9(11)12;6-5-1-3-7-4-2-5;;/h2-5,12H,6-9H2,1H3;2-5,8,10H,1H3,(H,11,12);1-4H2;1H4;1H2/q;;;;-1/t12-;8-;;;/m11.../s1. The highest BCUT2D eigenvalue weighted by molar-refractivity contribution is 5.80. The van der Waals surface area contributed by atoms with Crippen LogP contribution in [-0.4, -0.2) is 74.4 Å². The first-order chi connectivity index (χ1) is 18.8. The topological polar surface area (TPSA) is 181 Å². The van der Waals surface area contributed by atoms with E-state index in [9.17, 15) is 19.5 Å². The second-order valence-corrected chi connectivity index (χ2v) is 8.82. The molecule has 3 heterocycles. The van der Waals surface area contributed by atoms with Crippen LogP contribution in [0, 0.1) is 0 Å². The summed E-state index contributed by atoms with van der Waals surface area (Å²) in [6, 6.07) is 13.8. The molecule has 12 heteroatoms. The van der Waals surface area contributed by atoms with Crippen LogP contribution in [-0.2, 0) is 33.3 Å². The van der Waals surface area contributed by atoms with Crippen molar-refractivity contribution in [1.82, 2.24) is 0 Å². The number of ketones is 1. The van der Waals surface area contributed by atoms with E-state index >= 15 is 0 Å². The van der Waals surface area contributed by atoms with Crippen LogP contribution in [0.15, 0.2) is 48.5 Å². The number of methoxy groups -OCH3 is 2. The Balaban J connectivity index is 0.000000333. The molecule has 0 aromatic heterocycles. The highest BCUT2D eigenvalue weighted by atomic mass is 16.8. The van der Waals surface area contributed by atoms with Crippen LogP contribution < -0.4 is 9.47 Å². The predicted octanol–water partition coefficient (Wildman–Crippen LogP) is 4.35. The Labute approximate surface area is 240 Å². The molecule has 12 nitrogen and oxygen atoms in total. The number of carbonyl (C=O) groups is 3. The monoisotopic (exact) mass is 578 g/mol. The highest BCUT2D eigenvalue weighted by Crippen LogP contribution is 2.42. The van der Waals surface area contributed by atoms with Gasteiger partial charge in [0.25, 0.3) is 0 Å². The molecule has 3 fully saturated rings. The zero-order valence-electron chi connectivity index (χ0n) is 22.6. The fourth-order valence-corrected chi connectivity index (χ4v) is 4.12. The van der Waals surface area contributed by atoms with E-state index in [0.29, 0.717) is 75.0 Å². The number of aliphatic hydroxyl groups is 1. The average Bonchev–Trinajstić information content (AvgIpc) is 3.28. The second-order valence-electron chi connectivity index (χ2n) is 8.82. The van der Waals surface area contributed by atoms with Gasteiger partial charge < -0.3 is 44.8 Å². The van der Waals surface area contributed by atoms with Gasteiger partial charge in [-0.05, 0) is 12.1 Å². The summed E-state index contributed by atoms with van der Waals surface area (Å²) in [6.45, 7) is 2.37. The summed E-state index contributed by atoms with van der Waals surface area (Å²) >= 11 is 0. The van der Waals surface area contributed by atoms with Crippen LogP contribution >= 0.6 is 0 Å². The zero-order chi connectivity index (χ0) is 28.3. The molecular formula is C29H40NO11-. The summed E-state index contributed by atoms with van der Waals surface area (Å²) < 4.78 is 31.7. The van der Waals surface area contributed by atoms with Gasteiger partial charge in [0.05, 0.1) is 40.6 Å². The molecule has 0 bridgehead atoms. The highest BCUT2D eigenvalue weighted by Gasteiger charge is 2.50. The molecule has 4 N–H and O–H groups in total. The summed E-state index contributed by atoms with van der Waals surface area (Å²) in [5.41, 5.74) is 0.968. The van der Waals surface area contributed by atoms with E-state index in [-0.39, 0.29) is 25.1 Å². The number of benzene rings is 2. The summed E-state index contributed by atoms with van der Waals surface area (Å²) in [5.74, 6) is -1.12. The van der Waals surface area contributed by atoms with Crippen LogP contribution in [0.1, 0.15) is 56.4 Å². The van der Waals surface area contributed by atoms with E-state index in [1.165, 1.54) is 13.2 Å². The number of aliphatic carboxylic acids is 1. The summed E-state index contributed by atoms with van der Waals surface area (Å²) in [7, 11) is 3.00. The third-order valence-electron chi connectivity index (χ3n) is 6.23. The molecule has 228 valence electrons. The lowest BCUT2D eigenvalue weighted by Crippen LogP contribution is -2.37. The Morgan fingerprint density at radius 3 is 1.98 bits per heavy atom. The second kappa shape index (κ2) is 17.3. The maximum absolute atomic E-state index is 12.1. The zero-order valence-corrected chi connectivity index (χ0v) is 22.6. The number of carboxylic acid groups (broad SMARTS) is 1. The van der Waals surface area contributed by atoms with Crippen molar-refractivity contribution in [2.75, 3.05) is 40.6 Å². The molecule has 3 saturated heterocycles. The van der Waals surface area contributed by atoms with Gasteiger partial charge in [0, 0.05) is 36.8 Å². The maximum Gasteiger partial charge on any atom is 0.342 e. The van der Waals surface area contributed by atoms with Crippen molar-refractivity contribution in [2.24, 2.45) is 0 Å². The summed E-state index contributed by atoms with van der Waals surface area (Å²) in [5, 5.41) is 17.8. The summed E-state index contributed by atoms with van der Waals surface area (Å²) in [4.78, 5) is 32.9. The minimum atomic E-state index is -1.53. The number of aliphatic hydroxyl groups excluding tert-OH is 1. The van der Waals surface area contributed by atoms with Crippen molar-refractivity contribution in [2.45, 2.75) is 51.1 Å². The first kappa shape index (κ1) is 35.5. The number of rotatable bonds is 5. The van der Waals surface area contributed by atoms with Crippen LogP contribution in [0.5, 0.6) is 11.5 Å². The quantitative estimate of drug-likeness (QED) is 0.481. The van der Waals surface area contributed by atoms with Crippen LogP contribution in [0.25, 0.3) is 6.15 Å². The first-order valence-corrected chi connectivity index (χ1v) is 12.5. The minimum Gasteiger partial charge on any atom is -0.693 e. The fraction of sp³-hybridized carbons (Fsp3) is 0.483. The van der Waals surface area contributed by atoms with Gasteiger partial charge in [-0.1, -0.05) is 43.8 Å². The van der Waals surface area contributed by atoms with Crippen molar-refractivity contribution < 1.29 is 53.0 Å². The Bertz CT molecular complexity index is 1110. The first-order valence-electron chi connectivity index (χ1n) is 12.5. The Hall–Kier alpha value is -3.55. The van der Waals surface area contributed by atoms with Crippen molar-refractivity contribution >= 4 is 17.7 Å². The number of esters is 1. The van der Waals surface area contributed by atoms with Crippen LogP contribution in [0.4, 0.5) is 0 Å². The third kappa shape index (κ3) is 9.80.